The molecule has 1 aromatic rings. The van der Waals surface area contributed by atoms with E-state index in [1.807, 2.05) is 18.7 Å². The van der Waals surface area contributed by atoms with Crippen molar-refractivity contribution < 1.29 is 4.39 Å². The number of hydrogen-bond acceptors (Lipinski definition) is 4. The van der Waals surface area contributed by atoms with Crippen LogP contribution in [0.1, 0.15) is 34.1 Å². The first-order valence-corrected chi connectivity index (χ1v) is 6.63. The van der Waals surface area contributed by atoms with E-state index in [2.05, 4.69) is 29.1 Å². The molecule has 0 amide bonds. The van der Waals surface area contributed by atoms with Gasteiger partial charge in [-0.1, -0.05) is 20.3 Å². The zero-order valence-corrected chi connectivity index (χ0v) is 11.7. The molecule has 1 unspecified atom stereocenters. The highest BCUT2D eigenvalue weighted by Crippen LogP contribution is 2.19. The Labute approximate surface area is 109 Å². The summed E-state index contributed by atoms with van der Waals surface area (Å²) in [4.78, 5) is 10.1. The number of rotatable bonds is 7. The molecule has 0 aliphatic rings. The summed E-state index contributed by atoms with van der Waals surface area (Å²) in [5.41, 5.74) is 0. The molecule has 0 saturated carbocycles. The Bertz CT molecular complexity index is 370. The van der Waals surface area contributed by atoms with Crippen LogP contribution in [0.3, 0.4) is 0 Å². The molecule has 0 radical (unpaired) electrons. The van der Waals surface area contributed by atoms with Crippen LogP contribution >= 0.6 is 0 Å². The number of aromatic nitrogens is 2. The van der Waals surface area contributed by atoms with Gasteiger partial charge in [0, 0.05) is 19.6 Å². The third-order valence-electron chi connectivity index (χ3n) is 2.97. The van der Waals surface area contributed by atoms with Gasteiger partial charge in [-0.3, -0.25) is 0 Å². The monoisotopic (exact) mass is 254 g/mol. The number of nitrogens with one attached hydrogen (secondary N) is 1. The van der Waals surface area contributed by atoms with Crippen LogP contribution in [-0.4, -0.2) is 29.6 Å². The molecule has 5 heteroatoms. The highest BCUT2D eigenvalue weighted by atomic mass is 19.1. The Morgan fingerprint density at radius 1 is 1.39 bits per heavy atom. The molecule has 0 aromatic carbocycles. The van der Waals surface area contributed by atoms with Crippen molar-refractivity contribution in [1.29, 1.82) is 0 Å². The Balaban J connectivity index is 2.92. The summed E-state index contributed by atoms with van der Waals surface area (Å²) in [5, 5.41) is 3.01. The fourth-order valence-corrected chi connectivity index (χ4v) is 1.69. The molecule has 0 saturated heterocycles. The molecular formula is C13H23FN4. The fraction of sp³-hybridized carbons (Fsp3) is 0.692. The average molecular weight is 254 g/mol. The second-order valence-electron chi connectivity index (χ2n) is 4.45. The van der Waals surface area contributed by atoms with Crippen LogP contribution in [0.4, 0.5) is 16.2 Å². The molecule has 0 aliphatic carbocycles. The van der Waals surface area contributed by atoms with Crippen molar-refractivity contribution in [3.63, 3.8) is 0 Å². The van der Waals surface area contributed by atoms with Gasteiger partial charge in [0.15, 0.2) is 11.6 Å². The van der Waals surface area contributed by atoms with E-state index >= 15 is 0 Å². The van der Waals surface area contributed by atoms with Gasteiger partial charge in [-0.15, -0.1) is 0 Å². The van der Waals surface area contributed by atoms with Crippen molar-refractivity contribution in [1.82, 2.24) is 9.97 Å². The van der Waals surface area contributed by atoms with Gasteiger partial charge < -0.3 is 10.2 Å². The summed E-state index contributed by atoms with van der Waals surface area (Å²) in [5.74, 6) is 1.03. The first-order valence-electron chi connectivity index (χ1n) is 6.63. The molecule has 0 bridgehead atoms. The van der Waals surface area contributed by atoms with Crippen LogP contribution in [0.5, 0.6) is 0 Å². The summed E-state index contributed by atoms with van der Waals surface area (Å²) in [6.45, 7) is 10.5. The van der Waals surface area contributed by atoms with Crippen molar-refractivity contribution in [2.45, 2.75) is 34.1 Å². The van der Waals surface area contributed by atoms with Crippen LogP contribution in [0.25, 0.3) is 0 Å². The van der Waals surface area contributed by atoms with Gasteiger partial charge in [0.25, 0.3) is 0 Å². The van der Waals surface area contributed by atoms with Crippen LogP contribution in [0, 0.1) is 11.7 Å². The van der Waals surface area contributed by atoms with E-state index in [9.17, 15) is 4.39 Å². The highest BCUT2D eigenvalue weighted by molar-refractivity contribution is 5.43. The van der Waals surface area contributed by atoms with E-state index in [1.165, 1.54) is 6.20 Å². The Morgan fingerprint density at radius 3 is 2.67 bits per heavy atom. The predicted octanol–water partition coefficient (Wildman–Crippen LogP) is 2.92. The van der Waals surface area contributed by atoms with Crippen molar-refractivity contribution in [3.05, 3.63) is 12.0 Å². The minimum Gasteiger partial charge on any atom is -0.354 e. The molecule has 0 aliphatic heterocycles. The van der Waals surface area contributed by atoms with E-state index in [-0.39, 0.29) is 5.82 Å². The zero-order valence-electron chi connectivity index (χ0n) is 11.7. The van der Waals surface area contributed by atoms with Crippen LogP contribution < -0.4 is 10.2 Å². The maximum absolute atomic E-state index is 13.8. The van der Waals surface area contributed by atoms with E-state index in [0.717, 1.165) is 26.1 Å². The number of hydrogen-bond donors (Lipinski definition) is 1. The summed E-state index contributed by atoms with van der Waals surface area (Å²) in [6.07, 6.45) is 2.31. The van der Waals surface area contributed by atoms with Gasteiger partial charge in [0.05, 0.1) is 6.20 Å². The van der Waals surface area contributed by atoms with Crippen molar-refractivity contribution in [2.75, 3.05) is 29.9 Å². The van der Waals surface area contributed by atoms with Gasteiger partial charge in [0.2, 0.25) is 5.95 Å². The molecular weight excluding hydrogens is 231 g/mol. The van der Waals surface area contributed by atoms with E-state index < -0.39 is 0 Å². The topological polar surface area (TPSA) is 41.1 Å². The molecule has 1 heterocycles. The maximum Gasteiger partial charge on any atom is 0.224 e. The van der Waals surface area contributed by atoms with Crippen molar-refractivity contribution in [3.8, 4) is 0 Å². The molecule has 1 atom stereocenters. The molecule has 1 rings (SSSR count). The summed E-state index contributed by atoms with van der Waals surface area (Å²) in [7, 11) is 0. The Morgan fingerprint density at radius 2 is 2.11 bits per heavy atom. The number of anilines is 2. The molecule has 1 N–H and O–H groups in total. The normalized spacial score (nSPS) is 12.3. The van der Waals surface area contributed by atoms with Crippen LogP contribution in [-0.2, 0) is 0 Å². The third kappa shape index (κ3) is 3.82. The Hall–Kier alpha value is -1.39. The first-order chi connectivity index (χ1) is 8.62. The summed E-state index contributed by atoms with van der Waals surface area (Å²) in [6, 6.07) is 0. The van der Waals surface area contributed by atoms with Gasteiger partial charge >= 0.3 is 0 Å². The second kappa shape index (κ2) is 7.13. The third-order valence-corrected chi connectivity index (χ3v) is 2.97. The lowest BCUT2D eigenvalue weighted by molar-refractivity contribution is 0.532. The standard InChI is InChI=1S/C13H23FN4/c1-5-10(4)9-18(7-3)12-11(14)8-16-13(17-12)15-6-2/h8,10H,5-7,9H2,1-4H3,(H,15,16,17). The van der Waals surface area contributed by atoms with Gasteiger partial charge in [-0.05, 0) is 19.8 Å². The van der Waals surface area contributed by atoms with E-state index in [1.54, 1.807) is 0 Å². The minimum absolute atomic E-state index is 0.359. The summed E-state index contributed by atoms with van der Waals surface area (Å²) >= 11 is 0. The van der Waals surface area contributed by atoms with E-state index in [0.29, 0.717) is 17.7 Å². The number of nitrogens with zero attached hydrogens (tertiary/aromatic N) is 3. The van der Waals surface area contributed by atoms with Crippen molar-refractivity contribution >= 4 is 11.8 Å². The Kier molecular flexibility index (Phi) is 5.82. The fourth-order valence-electron chi connectivity index (χ4n) is 1.69. The molecule has 0 spiro atoms. The smallest absolute Gasteiger partial charge is 0.224 e. The van der Waals surface area contributed by atoms with Gasteiger partial charge in [-0.2, -0.15) is 4.98 Å². The van der Waals surface area contributed by atoms with E-state index in [4.69, 9.17) is 0 Å². The predicted molar refractivity (Wildman–Crippen MR) is 73.5 cm³/mol. The molecule has 102 valence electrons. The minimum atomic E-state index is -0.359. The lowest BCUT2D eigenvalue weighted by Crippen LogP contribution is -2.30. The van der Waals surface area contributed by atoms with Gasteiger partial charge in [0.1, 0.15) is 0 Å². The molecule has 1 aromatic heterocycles. The second-order valence-corrected chi connectivity index (χ2v) is 4.45. The number of halogens is 1. The largest absolute Gasteiger partial charge is 0.354 e. The average Bonchev–Trinajstić information content (AvgIpc) is 2.38. The van der Waals surface area contributed by atoms with Gasteiger partial charge in [-0.25, -0.2) is 9.37 Å². The quantitative estimate of drug-likeness (QED) is 0.812. The zero-order chi connectivity index (χ0) is 13.5. The van der Waals surface area contributed by atoms with Crippen molar-refractivity contribution in [2.24, 2.45) is 5.92 Å². The molecule has 0 fully saturated rings. The highest BCUT2D eigenvalue weighted by Gasteiger charge is 2.15. The maximum atomic E-state index is 13.8. The molecule has 4 nitrogen and oxygen atoms in total. The summed E-state index contributed by atoms with van der Waals surface area (Å²) < 4.78 is 13.8. The van der Waals surface area contributed by atoms with Crippen LogP contribution in [0.15, 0.2) is 6.20 Å². The SMILES string of the molecule is CCNc1ncc(F)c(N(CC)CC(C)CC)n1. The van der Waals surface area contributed by atoms with Crippen LogP contribution in [0.2, 0.25) is 0 Å². The lowest BCUT2D eigenvalue weighted by atomic mass is 10.1. The molecule has 18 heavy (non-hydrogen) atoms. The first kappa shape index (κ1) is 14.7. The lowest BCUT2D eigenvalue weighted by Gasteiger charge is -2.25.